The van der Waals surface area contributed by atoms with Crippen LogP contribution in [0.25, 0.3) is 0 Å². The standard InChI is InChI=1S/C16H26N2O2/c1-16(2,3)14(17)10-15(19)18(4)11-12-8-6-7-9-13(12)20-5/h6-9,14H,10-11,17H2,1-5H3. The summed E-state index contributed by atoms with van der Waals surface area (Å²) < 4.78 is 5.30. The summed E-state index contributed by atoms with van der Waals surface area (Å²) in [6, 6.07) is 7.58. The Bertz CT molecular complexity index is 452. The number of hydrogen-bond donors (Lipinski definition) is 1. The Kier molecular flexibility index (Phi) is 5.57. The Morgan fingerprint density at radius 1 is 1.35 bits per heavy atom. The lowest BCUT2D eigenvalue weighted by atomic mass is 9.85. The largest absolute Gasteiger partial charge is 0.496 e. The lowest BCUT2D eigenvalue weighted by Crippen LogP contribution is -2.40. The van der Waals surface area contributed by atoms with Gasteiger partial charge in [-0.3, -0.25) is 4.79 Å². The van der Waals surface area contributed by atoms with Crippen LogP contribution in [0, 0.1) is 5.41 Å². The van der Waals surface area contributed by atoms with E-state index in [0.29, 0.717) is 13.0 Å². The third-order valence-corrected chi connectivity index (χ3v) is 3.53. The third-order valence-electron chi connectivity index (χ3n) is 3.53. The molecule has 0 saturated carbocycles. The fourth-order valence-electron chi connectivity index (χ4n) is 1.83. The van der Waals surface area contributed by atoms with Crippen molar-refractivity contribution in [2.24, 2.45) is 11.1 Å². The van der Waals surface area contributed by atoms with Crippen molar-refractivity contribution in [3.05, 3.63) is 29.8 Å². The molecule has 0 fully saturated rings. The van der Waals surface area contributed by atoms with Crippen molar-refractivity contribution in [3.63, 3.8) is 0 Å². The average molecular weight is 278 g/mol. The van der Waals surface area contributed by atoms with Crippen LogP contribution in [0.1, 0.15) is 32.8 Å². The number of carbonyl (C=O) groups is 1. The summed E-state index contributed by atoms with van der Waals surface area (Å²) in [7, 11) is 3.43. The maximum absolute atomic E-state index is 12.2. The number of benzene rings is 1. The zero-order chi connectivity index (χ0) is 15.3. The highest BCUT2D eigenvalue weighted by Gasteiger charge is 2.24. The molecule has 0 aliphatic heterocycles. The number of hydrogen-bond acceptors (Lipinski definition) is 3. The topological polar surface area (TPSA) is 55.6 Å². The van der Waals surface area contributed by atoms with E-state index < -0.39 is 0 Å². The van der Waals surface area contributed by atoms with E-state index in [9.17, 15) is 4.79 Å². The zero-order valence-electron chi connectivity index (χ0n) is 13.1. The fourth-order valence-corrected chi connectivity index (χ4v) is 1.83. The zero-order valence-corrected chi connectivity index (χ0v) is 13.1. The lowest BCUT2D eigenvalue weighted by molar-refractivity contribution is -0.131. The highest BCUT2D eigenvalue weighted by Crippen LogP contribution is 2.22. The Morgan fingerprint density at radius 2 is 1.95 bits per heavy atom. The number of nitrogens with two attached hydrogens (primary N) is 1. The van der Waals surface area contributed by atoms with Crippen molar-refractivity contribution in [1.29, 1.82) is 0 Å². The van der Waals surface area contributed by atoms with Crippen LogP contribution in [-0.4, -0.2) is 31.0 Å². The van der Waals surface area contributed by atoms with Gasteiger partial charge < -0.3 is 15.4 Å². The minimum Gasteiger partial charge on any atom is -0.496 e. The van der Waals surface area contributed by atoms with E-state index in [1.165, 1.54) is 0 Å². The minimum atomic E-state index is -0.143. The molecule has 0 heterocycles. The average Bonchev–Trinajstić information content (AvgIpc) is 2.38. The van der Waals surface area contributed by atoms with E-state index >= 15 is 0 Å². The summed E-state index contributed by atoms with van der Waals surface area (Å²) in [5.41, 5.74) is 6.99. The molecule has 2 N–H and O–H groups in total. The van der Waals surface area contributed by atoms with Crippen molar-refractivity contribution in [3.8, 4) is 5.75 Å². The number of ether oxygens (including phenoxy) is 1. The van der Waals surface area contributed by atoms with Gasteiger partial charge in [-0.25, -0.2) is 0 Å². The number of para-hydroxylation sites is 1. The van der Waals surface area contributed by atoms with E-state index in [1.54, 1.807) is 19.1 Å². The van der Waals surface area contributed by atoms with Crippen LogP contribution >= 0.6 is 0 Å². The first kappa shape index (κ1) is 16.5. The van der Waals surface area contributed by atoms with Crippen LogP contribution in [0.5, 0.6) is 5.75 Å². The number of nitrogens with zero attached hydrogens (tertiary/aromatic N) is 1. The van der Waals surface area contributed by atoms with Crippen molar-refractivity contribution in [2.75, 3.05) is 14.2 Å². The molecule has 1 atom stereocenters. The molecule has 4 heteroatoms. The number of carbonyl (C=O) groups excluding carboxylic acids is 1. The molecule has 0 bridgehead atoms. The molecule has 1 unspecified atom stereocenters. The van der Waals surface area contributed by atoms with Gasteiger partial charge in [0.05, 0.1) is 7.11 Å². The van der Waals surface area contributed by atoms with E-state index in [0.717, 1.165) is 11.3 Å². The second-order valence-corrected chi connectivity index (χ2v) is 6.24. The second kappa shape index (κ2) is 6.75. The maximum Gasteiger partial charge on any atom is 0.224 e. The fraction of sp³-hybridized carbons (Fsp3) is 0.562. The predicted molar refractivity (Wildman–Crippen MR) is 81.5 cm³/mol. The van der Waals surface area contributed by atoms with Gasteiger partial charge >= 0.3 is 0 Å². The van der Waals surface area contributed by atoms with Crippen molar-refractivity contribution in [1.82, 2.24) is 4.90 Å². The Balaban J connectivity index is 2.66. The molecule has 0 aliphatic rings. The quantitative estimate of drug-likeness (QED) is 0.900. The molecule has 0 spiro atoms. The van der Waals surface area contributed by atoms with Crippen LogP contribution in [0.2, 0.25) is 0 Å². The van der Waals surface area contributed by atoms with Crippen molar-refractivity contribution < 1.29 is 9.53 Å². The lowest BCUT2D eigenvalue weighted by Gasteiger charge is -2.28. The summed E-state index contributed by atoms with van der Waals surface area (Å²) >= 11 is 0. The van der Waals surface area contributed by atoms with Gasteiger partial charge in [-0.1, -0.05) is 39.0 Å². The van der Waals surface area contributed by atoms with Gasteiger partial charge in [0, 0.05) is 31.6 Å². The van der Waals surface area contributed by atoms with E-state index in [4.69, 9.17) is 10.5 Å². The van der Waals surface area contributed by atoms with Gasteiger partial charge in [-0.2, -0.15) is 0 Å². The second-order valence-electron chi connectivity index (χ2n) is 6.24. The normalized spacial score (nSPS) is 12.9. The van der Waals surface area contributed by atoms with Gasteiger partial charge in [-0.15, -0.1) is 0 Å². The summed E-state index contributed by atoms with van der Waals surface area (Å²) in [5.74, 6) is 0.852. The molecule has 1 aromatic carbocycles. The Labute approximate surface area is 121 Å². The van der Waals surface area contributed by atoms with Gasteiger partial charge in [0.2, 0.25) is 5.91 Å². The molecule has 20 heavy (non-hydrogen) atoms. The number of amides is 1. The Hall–Kier alpha value is -1.55. The predicted octanol–water partition coefficient (Wildman–Crippen LogP) is 2.42. The number of methoxy groups -OCH3 is 1. The third kappa shape index (κ3) is 4.53. The summed E-state index contributed by atoms with van der Waals surface area (Å²) in [6.45, 7) is 6.67. The SMILES string of the molecule is COc1ccccc1CN(C)C(=O)CC(N)C(C)(C)C. The molecule has 1 amide bonds. The van der Waals surface area contributed by atoms with Gasteiger partial charge in [0.15, 0.2) is 0 Å². The summed E-state index contributed by atoms with van der Waals surface area (Å²) in [6.07, 6.45) is 0.356. The molecule has 0 saturated heterocycles. The van der Waals surface area contributed by atoms with E-state index in [-0.39, 0.29) is 17.4 Å². The molecule has 1 aromatic rings. The van der Waals surface area contributed by atoms with Crippen LogP contribution in [-0.2, 0) is 11.3 Å². The van der Waals surface area contributed by atoms with Gasteiger partial charge in [0.25, 0.3) is 0 Å². The molecule has 112 valence electrons. The van der Waals surface area contributed by atoms with Gasteiger partial charge in [-0.05, 0) is 11.5 Å². The molecule has 1 rings (SSSR count). The number of rotatable bonds is 5. The van der Waals surface area contributed by atoms with Gasteiger partial charge in [0.1, 0.15) is 5.75 Å². The van der Waals surface area contributed by atoms with E-state index in [1.807, 2.05) is 45.0 Å². The smallest absolute Gasteiger partial charge is 0.224 e. The van der Waals surface area contributed by atoms with Crippen molar-refractivity contribution in [2.45, 2.75) is 39.8 Å². The van der Waals surface area contributed by atoms with Crippen LogP contribution in [0.4, 0.5) is 0 Å². The molecular formula is C16H26N2O2. The highest BCUT2D eigenvalue weighted by atomic mass is 16.5. The summed E-state index contributed by atoms with van der Waals surface area (Å²) in [4.78, 5) is 13.9. The Morgan fingerprint density at radius 3 is 2.50 bits per heavy atom. The summed E-state index contributed by atoms with van der Waals surface area (Å²) in [5, 5.41) is 0. The van der Waals surface area contributed by atoms with E-state index in [2.05, 4.69) is 0 Å². The van der Waals surface area contributed by atoms with Crippen molar-refractivity contribution >= 4 is 5.91 Å². The molecule has 4 nitrogen and oxygen atoms in total. The first-order valence-corrected chi connectivity index (χ1v) is 6.87. The maximum atomic E-state index is 12.2. The first-order valence-electron chi connectivity index (χ1n) is 6.87. The molecular weight excluding hydrogens is 252 g/mol. The van der Waals surface area contributed by atoms with Crippen LogP contribution < -0.4 is 10.5 Å². The molecule has 0 aliphatic carbocycles. The first-order chi connectivity index (χ1) is 9.25. The van der Waals surface area contributed by atoms with Crippen LogP contribution in [0.3, 0.4) is 0 Å². The molecule has 0 radical (unpaired) electrons. The monoisotopic (exact) mass is 278 g/mol. The highest BCUT2D eigenvalue weighted by molar-refractivity contribution is 5.76. The minimum absolute atomic E-state index is 0.0540. The molecule has 0 aromatic heterocycles. The van der Waals surface area contributed by atoms with Crippen LogP contribution in [0.15, 0.2) is 24.3 Å².